The highest BCUT2D eigenvalue weighted by atomic mass is 79.9. The summed E-state index contributed by atoms with van der Waals surface area (Å²) < 4.78 is 29.4. The van der Waals surface area contributed by atoms with E-state index in [1.54, 1.807) is 13.0 Å². The molecule has 114 valence electrons. The Balaban J connectivity index is 2.29. The molecule has 2 heterocycles. The quantitative estimate of drug-likeness (QED) is 0.791. The van der Waals surface area contributed by atoms with Crippen molar-refractivity contribution < 1.29 is 8.42 Å². The first kappa shape index (κ1) is 16.3. The Hall–Kier alpha value is -1.12. The second kappa shape index (κ2) is 6.33. The van der Waals surface area contributed by atoms with Gasteiger partial charge in [0.2, 0.25) is 0 Å². The number of sulfonamides is 1. The van der Waals surface area contributed by atoms with Crippen molar-refractivity contribution in [2.45, 2.75) is 31.8 Å². The minimum atomic E-state index is -3.75. The molecule has 0 aliphatic rings. The zero-order valence-corrected chi connectivity index (χ0v) is 14.6. The monoisotopic (exact) mass is 392 g/mol. The van der Waals surface area contributed by atoms with Crippen molar-refractivity contribution in [1.29, 1.82) is 0 Å². The van der Waals surface area contributed by atoms with Crippen LogP contribution in [0.3, 0.4) is 0 Å². The Morgan fingerprint density at radius 1 is 1.48 bits per heavy atom. The molecule has 0 atom stereocenters. The summed E-state index contributed by atoms with van der Waals surface area (Å²) in [5, 5.41) is 0.250. The third-order valence-corrected chi connectivity index (χ3v) is 5.13. The summed E-state index contributed by atoms with van der Waals surface area (Å²) in [5.74, 6) is 0.660. The Morgan fingerprint density at radius 3 is 2.81 bits per heavy atom. The Bertz CT molecular complexity index is 761. The average molecular weight is 394 g/mol. The number of hydrogen-bond donors (Lipinski definition) is 1. The number of halogens is 2. The smallest absolute Gasteiger partial charge is 0.281 e. The fraction of sp³-hybridized carbons (Fsp3) is 0.333. The lowest BCUT2D eigenvalue weighted by molar-refractivity contribution is 0.597. The Labute approximate surface area is 136 Å². The van der Waals surface area contributed by atoms with E-state index in [0.717, 1.165) is 13.0 Å². The van der Waals surface area contributed by atoms with Gasteiger partial charge in [-0.05, 0) is 35.3 Å². The first-order chi connectivity index (χ1) is 9.83. The van der Waals surface area contributed by atoms with Gasteiger partial charge in [-0.2, -0.15) is 8.42 Å². The van der Waals surface area contributed by atoms with Crippen molar-refractivity contribution in [2.24, 2.45) is 0 Å². The molecule has 0 spiro atoms. The largest absolute Gasteiger partial charge is 0.334 e. The molecule has 2 aromatic rings. The van der Waals surface area contributed by atoms with Gasteiger partial charge in [0.05, 0.1) is 16.4 Å². The number of rotatable bonds is 5. The lowest BCUT2D eigenvalue weighted by Crippen LogP contribution is -2.13. The molecule has 0 aliphatic heterocycles. The first-order valence-corrected chi connectivity index (χ1v) is 8.86. The summed E-state index contributed by atoms with van der Waals surface area (Å²) in [6, 6.07) is 1.54. The lowest BCUT2D eigenvalue weighted by Gasteiger charge is -2.06. The standard InChI is InChI=1S/C12H14BrClN4O2S/c1-3-4-18-7-11(16-8(18)2)21(19,20)17-9-5-10(13)12(14)15-6-9/h5-7,17H,3-4H2,1-2H3. The van der Waals surface area contributed by atoms with Crippen LogP contribution in [0.15, 0.2) is 28.0 Å². The molecule has 1 N–H and O–H groups in total. The zero-order chi connectivity index (χ0) is 15.6. The SMILES string of the molecule is CCCn1cc(S(=O)(=O)Nc2cnc(Cl)c(Br)c2)nc1C. The predicted octanol–water partition coefficient (Wildman–Crippen LogP) is 3.21. The van der Waals surface area contributed by atoms with Crippen LogP contribution in [0.5, 0.6) is 0 Å². The highest BCUT2D eigenvalue weighted by Gasteiger charge is 2.19. The zero-order valence-electron chi connectivity index (χ0n) is 11.5. The predicted molar refractivity (Wildman–Crippen MR) is 85.0 cm³/mol. The average Bonchev–Trinajstić information content (AvgIpc) is 2.77. The van der Waals surface area contributed by atoms with Gasteiger partial charge in [0, 0.05) is 12.7 Å². The number of imidazole rings is 1. The van der Waals surface area contributed by atoms with E-state index in [9.17, 15) is 8.42 Å². The van der Waals surface area contributed by atoms with Crippen molar-refractivity contribution in [1.82, 2.24) is 14.5 Å². The molecule has 0 saturated heterocycles. The molecule has 0 saturated carbocycles. The molecule has 0 radical (unpaired) electrons. The topological polar surface area (TPSA) is 76.9 Å². The van der Waals surface area contributed by atoms with Gasteiger partial charge in [0.1, 0.15) is 11.0 Å². The fourth-order valence-corrected chi connectivity index (χ4v) is 3.26. The number of pyridine rings is 1. The normalized spacial score (nSPS) is 11.6. The molecular weight excluding hydrogens is 380 g/mol. The van der Waals surface area contributed by atoms with E-state index >= 15 is 0 Å². The van der Waals surface area contributed by atoms with E-state index in [1.807, 2.05) is 11.5 Å². The minimum absolute atomic E-state index is 0.0143. The maximum Gasteiger partial charge on any atom is 0.281 e. The van der Waals surface area contributed by atoms with E-state index in [2.05, 4.69) is 30.6 Å². The van der Waals surface area contributed by atoms with Crippen molar-refractivity contribution in [3.05, 3.63) is 33.9 Å². The Kier molecular flexibility index (Phi) is 4.90. The summed E-state index contributed by atoms with van der Waals surface area (Å²) >= 11 is 8.97. The van der Waals surface area contributed by atoms with Crippen LogP contribution in [-0.2, 0) is 16.6 Å². The van der Waals surface area contributed by atoms with Crippen molar-refractivity contribution in [2.75, 3.05) is 4.72 Å². The molecule has 2 aromatic heterocycles. The second-order valence-electron chi connectivity index (χ2n) is 4.42. The molecule has 0 aliphatic carbocycles. The summed E-state index contributed by atoms with van der Waals surface area (Å²) in [6.07, 6.45) is 3.78. The molecular formula is C12H14BrClN4O2S. The molecule has 0 fully saturated rings. The maximum atomic E-state index is 12.3. The molecule has 2 rings (SSSR count). The van der Waals surface area contributed by atoms with Crippen molar-refractivity contribution in [3.8, 4) is 0 Å². The molecule has 0 amide bonds. The highest BCUT2D eigenvalue weighted by Crippen LogP contribution is 2.24. The van der Waals surface area contributed by atoms with Crippen molar-refractivity contribution >= 4 is 43.2 Å². The summed E-state index contributed by atoms with van der Waals surface area (Å²) in [5.41, 5.74) is 0.314. The van der Waals surface area contributed by atoms with E-state index < -0.39 is 10.0 Å². The van der Waals surface area contributed by atoms with E-state index in [4.69, 9.17) is 11.6 Å². The molecule has 0 aromatic carbocycles. The van der Waals surface area contributed by atoms with Gasteiger partial charge < -0.3 is 4.57 Å². The van der Waals surface area contributed by atoms with Gasteiger partial charge in [-0.25, -0.2) is 9.97 Å². The van der Waals surface area contributed by atoms with Gasteiger partial charge >= 0.3 is 0 Å². The van der Waals surface area contributed by atoms with Crippen LogP contribution in [0.25, 0.3) is 0 Å². The molecule has 6 nitrogen and oxygen atoms in total. The maximum absolute atomic E-state index is 12.3. The molecule has 21 heavy (non-hydrogen) atoms. The van der Waals surface area contributed by atoms with E-state index in [-0.39, 0.29) is 10.2 Å². The van der Waals surface area contributed by atoms with Gasteiger partial charge in [-0.1, -0.05) is 18.5 Å². The lowest BCUT2D eigenvalue weighted by atomic mass is 10.4. The fourth-order valence-electron chi connectivity index (χ4n) is 1.76. The van der Waals surface area contributed by atoms with E-state index in [1.165, 1.54) is 12.4 Å². The Morgan fingerprint density at radius 2 is 2.19 bits per heavy atom. The number of aromatic nitrogens is 3. The third-order valence-electron chi connectivity index (χ3n) is 2.74. The number of hydrogen-bond acceptors (Lipinski definition) is 4. The van der Waals surface area contributed by atoms with Gasteiger partial charge in [-0.15, -0.1) is 0 Å². The number of nitrogens with zero attached hydrogens (tertiary/aromatic N) is 3. The minimum Gasteiger partial charge on any atom is -0.334 e. The highest BCUT2D eigenvalue weighted by molar-refractivity contribution is 9.10. The number of anilines is 1. The van der Waals surface area contributed by atoms with Crippen LogP contribution in [0.2, 0.25) is 5.15 Å². The third kappa shape index (κ3) is 3.75. The van der Waals surface area contributed by atoms with Crippen LogP contribution in [0.4, 0.5) is 5.69 Å². The summed E-state index contributed by atoms with van der Waals surface area (Å²) in [7, 11) is -3.75. The van der Waals surface area contributed by atoms with Crippen LogP contribution in [-0.4, -0.2) is 23.0 Å². The van der Waals surface area contributed by atoms with Gasteiger partial charge in [0.15, 0.2) is 5.03 Å². The van der Waals surface area contributed by atoms with Crippen LogP contribution in [0, 0.1) is 6.92 Å². The second-order valence-corrected chi connectivity index (χ2v) is 7.26. The summed E-state index contributed by atoms with van der Waals surface area (Å²) in [4.78, 5) is 7.97. The van der Waals surface area contributed by atoms with Gasteiger partial charge in [0.25, 0.3) is 10.0 Å². The van der Waals surface area contributed by atoms with Gasteiger partial charge in [-0.3, -0.25) is 4.72 Å². The first-order valence-electron chi connectivity index (χ1n) is 6.21. The summed E-state index contributed by atoms with van der Waals surface area (Å²) in [6.45, 7) is 4.51. The van der Waals surface area contributed by atoms with Crippen LogP contribution in [0.1, 0.15) is 19.2 Å². The van der Waals surface area contributed by atoms with Crippen LogP contribution >= 0.6 is 27.5 Å². The molecule has 0 unspecified atom stereocenters. The molecule has 0 bridgehead atoms. The molecule has 9 heteroatoms. The number of nitrogens with one attached hydrogen (secondary N) is 1. The number of aryl methyl sites for hydroxylation is 2. The van der Waals surface area contributed by atoms with Crippen LogP contribution < -0.4 is 4.72 Å². The van der Waals surface area contributed by atoms with Crippen molar-refractivity contribution in [3.63, 3.8) is 0 Å². The van der Waals surface area contributed by atoms with E-state index in [0.29, 0.717) is 16.0 Å².